The van der Waals surface area contributed by atoms with E-state index in [-0.39, 0.29) is 17.9 Å². The van der Waals surface area contributed by atoms with Crippen LogP contribution in [0.1, 0.15) is 12.0 Å². The van der Waals surface area contributed by atoms with Crippen molar-refractivity contribution in [2.75, 3.05) is 5.75 Å². The van der Waals surface area contributed by atoms with Gasteiger partial charge in [0.1, 0.15) is 0 Å². The second kappa shape index (κ2) is 5.29. The van der Waals surface area contributed by atoms with Crippen LogP contribution in [0.2, 0.25) is 0 Å². The fraction of sp³-hybridized carbons (Fsp3) is 0.300. The van der Waals surface area contributed by atoms with Crippen LogP contribution in [0.3, 0.4) is 0 Å². The summed E-state index contributed by atoms with van der Waals surface area (Å²) >= 11 is 3.27. The molecule has 1 aromatic rings. The van der Waals surface area contributed by atoms with E-state index in [0.717, 1.165) is 10.0 Å². The first-order valence-electron chi connectivity index (χ1n) is 4.35. The standard InChI is InChI=1S/C10H10BrNO2S/c11-10-4-2-9(3-5-10)8-15(13,14)7-1-6-12/h2-5H,1,7-8H2. The molecule has 0 aromatic heterocycles. The Bertz CT molecular complexity index is 459. The van der Waals surface area contributed by atoms with E-state index in [1.54, 1.807) is 24.3 Å². The lowest BCUT2D eigenvalue weighted by molar-refractivity contribution is 0.595. The molecular weight excluding hydrogens is 278 g/mol. The van der Waals surface area contributed by atoms with Crippen molar-refractivity contribution in [2.24, 2.45) is 0 Å². The molecule has 0 spiro atoms. The second-order valence-corrected chi connectivity index (χ2v) is 6.23. The van der Waals surface area contributed by atoms with Crippen molar-refractivity contribution in [1.29, 1.82) is 5.26 Å². The summed E-state index contributed by atoms with van der Waals surface area (Å²) in [5.74, 6) is -0.0679. The van der Waals surface area contributed by atoms with E-state index in [4.69, 9.17) is 5.26 Å². The van der Waals surface area contributed by atoms with E-state index in [1.807, 2.05) is 6.07 Å². The van der Waals surface area contributed by atoms with Gasteiger partial charge in [-0.2, -0.15) is 5.26 Å². The van der Waals surface area contributed by atoms with Gasteiger partial charge in [-0.25, -0.2) is 8.42 Å². The Kier molecular flexibility index (Phi) is 4.30. The molecule has 0 saturated carbocycles. The molecule has 1 rings (SSSR count). The van der Waals surface area contributed by atoms with E-state index in [2.05, 4.69) is 15.9 Å². The first-order valence-corrected chi connectivity index (χ1v) is 6.97. The van der Waals surface area contributed by atoms with Crippen molar-refractivity contribution in [1.82, 2.24) is 0 Å². The second-order valence-electron chi connectivity index (χ2n) is 3.13. The Morgan fingerprint density at radius 1 is 1.27 bits per heavy atom. The summed E-state index contributed by atoms with van der Waals surface area (Å²) in [7, 11) is -3.15. The Morgan fingerprint density at radius 2 is 1.87 bits per heavy atom. The van der Waals surface area contributed by atoms with Crippen LogP contribution in [0.15, 0.2) is 28.7 Å². The minimum atomic E-state index is -3.15. The molecule has 0 atom stereocenters. The summed E-state index contributed by atoms with van der Waals surface area (Å²) in [6.45, 7) is 0. The van der Waals surface area contributed by atoms with Gasteiger partial charge in [-0.05, 0) is 17.7 Å². The number of benzene rings is 1. The van der Waals surface area contributed by atoms with Gasteiger partial charge in [0.15, 0.2) is 9.84 Å². The lowest BCUT2D eigenvalue weighted by Gasteiger charge is -2.02. The summed E-state index contributed by atoms with van der Waals surface area (Å²) in [4.78, 5) is 0. The third kappa shape index (κ3) is 4.45. The lowest BCUT2D eigenvalue weighted by atomic mass is 10.2. The van der Waals surface area contributed by atoms with Crippen molar-refractivity contribution in [2.45, 2.75) is 12.2 Å². The normalized spacial score (nSPS) is 10.9. The monoisotopic (exact) mass is 287 g/mol. The molecule has 0 aliphatic rings. The average molecular weight is 288 g/mol. The highest BCUT2D eigenvalue weighted by atomic mass is 79.9. The molecule has 0 amide bonds. The van der Waals surface area contributed by atoms with Gasteiger partial charge >= 0.3 is 0 Å². The molecule has 0 N–H and O–H groups in total. The van der Waals surface area contributed by atoms with E-state index < -0.39 is 9.84 Å². The fourth-order valence-corrected chi connectivity index (χ4v) is 2.62. The number of nitrogens with zero attached hydrogens (tertiary/aromatic N) is 1. The molecule has 0 bridgehead atoms. The highest BCUT2D eigenvalue weighted by Crippen LogP contribution is 2.13. The third-order valence-electron chi connectivity index (χ3n) is 1.82. The first kappa shape index (κ1) is 12.2. The number of sulfone groups is 1. The topological polar surface area (TPSA) is 57.9 Å². The maximum atomic E-state index is 11.5. The molecule has 5 heteroatoms. The van der Waals surface area contributed by atoms with Gasteiger partial charge in [0.25, 0.3) is 0 Å². The van der Waals surface area contributed by atoms with E-state index in [0.29, 0.717) is 0 Å². The molecule has 0 saturated heterocycles. The minimum Gasteiger partial charge on any atom is -0.228 e. The van der Waals surface area contributed by atoms with Crippen molar-refractivity contribution in [3.63, 3.8) is 0 Å². The average Bonchev–Trinajstić information content (AvgIpc) is 2.18. The molecule has 0 heterocycles. The summed E-state index contributed by atoms with van der Waals surface area (Å²) in [6.07, 6.45) is 0.0544. The number of nitriles is 1. The number of hydrogen-bond donors (Lipinski definition) is 0. The van der Waals surface area contributed by atoms with Gasteiger partial charge in [0, 0.05) is 10.9 Å². The molecule has 3 nitrogen and oxygen atoms in total. The molecule has 0 aliphatic carbocycles. The van der Waals surface area contributed by atoms with Crippen LogP contribution in [0.4, 0.5) is 0 Å². The summed E-state index contributed by atoms with van der Waals surface area (Å²) in [5, 5.41) is 8.31. The summed E-state index contributed by atoms with van der Waals surface area (Å²) in [5.41, 5.74) is 0.746. The summed E-state index contributed by atoms with van der Waals surface area (Å²) < 4.78 is 23.9. The van der Waals surface area contributed by atoms with Crippen LogP contribution in [0.5, 0.6) is 0 Å². The quantitative estimate of drug-likeness (QED) is 0.854. The molecular formula is C10H10BrNO2S. The maximum Gasteiger partial charge on any atom is 0.155 e. The smallest absolute Gasteiger partial charge is 0.155 e. The minimum absolute atomic E-state index is 0.00194. The van der Waals surface area contributed by atoms with Gasteiger partial charge in [0.05, 0.1) is 17.6 Å². The Hall–Kier alpha value is -0.860. The zero-order chi connectivity index (χ0) is 11.3. The van der Waals surface area contributed by atoms with E-state index in [9.17, 15) is 8.42 Å². The highest BCUT2D eigenvalue weighted by Gasteiger charge is 2.11. The first-order chi connectivity index (χ1) is 7.03. The molecule has 1 aromatic carbocycles. The zero-order valence-electron chi connectivity index (χ0n) is 7.98. The molecule has 80 valence electrons. The van der Waals surface area contributed by atoms with Crippen LogP contribution in [0.25, 0.3) is 0 Å². The van der Waals surface area contributed by atoms with Gasteiger partial charge in [-0.15, -0.1) is 0 Å². The fourth-order valence-electron chi connectivity index (χ4n) is 1.11. The van der Waals surface area contributed by atoms with Crippen LogP contribution in [-0.2, 0) is 15.6 Å². The third-order valence-corrected chi connectivity index (χ3v) is 3.95. The van der Waals surface area contributed by atoms with Crippen LogP contribution in [-0.4, -0.2) is 14.2 Å². The van der Waals surface area contributed by atoms with Crippen LogP contribution >= 0.6 is 15.9 Å². The number of hydrogen-bond acceptors (Lipinski definition) is 3. The predicted molar refractivity (Wildman–Crippen MR) is 61.9 cm³/mol. The number of halogens is 1. The van der Waals surface area contributed by atoms with Crippen molar-refractivity contribution in [3.05, 3.63) is 34.3 Å². The molecule has 0 unspecified atom stereocenters. The van der Waals surface area contributed by atoms with Crippen LogP contribution < -0.4 is 0 Å². The van der Waals surface area contributed by atoms with E-state index in [1.165, 1.54) is 0 Å². The Balaban J connectivity index is 2.70. The lowest BCUT2D eigenvalue weighted by Crippen LogP contribution is -2.08. The zero-order valence-corrected chi connectivity index (χ0v) is 10.4. The summed E-state index contributed by atoms with van der Waals surface area (Å²) in [6, 6.07) is 8.95. The molecule has 0 fully saturated rings. The van der Waals surface area contributed by atoms with Crippen molar-refractivity contribution >= 4 is 25.8 Å². The van der Waals surface area contributed by atoms with Crippen molar-refractivity contribution < 1.29 is 8.42 Å². The largest absolute Gasteiger partial charge is 0.228 e. The predicted octanol–water partition coefficient (Wildman–Crippen LogP) is 2.28. The molecule has 15 heavy (non-hydrogen) atoms. The van der Waals surface area contributed by atoms with E-state index >= 15 is 0 Å². The molecule has 0 radical (unpaired) electrons. The van der Waals surface area contributed by atoms with Gasteiger partial charge in [0.2, 0.25) is 0 Å². The Morgan fingerprint density at radius 3 is 2.40 bits per heavy atom. The van der Waals surface area contributed by atoms with Crippen molar-refractivity contribution in [3.8, 4) is 6.07 Å². The molecule has 0 aliphatic heterocycles. The van der Waals surface area contributed by atoms with Gasteiger partial charge in [-0.3, -0.25) is 0 Å². The number of rotatable bonds is 4. The Labute approximate surface area is 97.8 Å². The SMILES string of the molecule is N#CCCS(=O)(=O)Cc1ccc(Br)cc1. The maximum absolute atomic E-state index is 11.5. The highest BCUT2D eigenvalue weighted by molar-refractivity contribution is 9.10. The van der Waals surface area contributed by atoms with Crippen LogP contribution in [0, 0.1) is 11.3 Å². The van der Waals surface area contributed by atoms with Gasteiger partial charge in [-0.1, -0.05) is 28.1 Å². The van der Waals surface area contributed by atoms with Gasteiger partial charge < -0.3 is 0 Å².